The van der Waals surface area contributed by atoms with Crippen molar-refractivity contribution >= 4 is 11.6 Å². The molecule has 4 rings (SSSR count). The van der Waals surface area contributed by atoms with Gasteiger partial charge in [0.15, 0.2) is 0 Å². The minimum atomic E-state index is 0.00546. The number of nitrogens with two attached hydrogens (primary N) is 2. The van der Waals surface area contributed by atoms with Gasteiger partial charge in [-0.1, -0.05) is 0 Å². The number of carbonyl (C=O) groups is 2. The first-order chi connectivity index (χ1) is 12.7. The molecule has 144 valence electrons. The van der Waals surface area contributed by atoms with Crippen LogP contribution in [0.4, 0.5) is 0 Å². The Morgan fingerprint density at radius 3 is 1.77 bits per heavy atom. The Bertz CT molecular complexity index is 598. The van der Waals surface area contributed by atoms with Crippen LogP contribution in [0.25, 0.3) is 0 Å². The highest BCUT2D eigenvalue weighted by atomic mass is 16.5. The third-order valence-corrected chi connectivity index (χ3v) is 4.47. The highest BCUT2D eigenvalue weighted by molar-refractivity contribution is 6.22. The molecule has 8 heteroatoms. The second-order valence-electron chi connectivity index (χ2n) is 6.78. The zero-order valence-electron chi connectivity index (χ0n) is 15.3. The van der Waals surface area contributed by atoms with E-state index < -0.39 is 0 Å². The lowest BCUT2D eigenvalue weighted by molar-refractivity contribution is -0.117. The maximum absolute atomic E-state index is 12.4. The molecule has 0 aromatic heterocycles. The number of allylic oxidation sites excluding steroid dienone is 1. The Kier molecular flexibility index (Phi) is 6.29. The summed E-state index contributed by atoms with van der Waals surface area (Å²) >= 11 is 0. The average molecular weight is 363 g/mol. The molecule has 3 saturated heterocycles. The molecule has 0 saturated carbocycles. The van der Waals surface area contributed by atoms with Crippen molar-refractivity contribution in [3.63, 3.8) is 0 Å². The lowest BCUT2D eigenvalue weighted by Crippen LogP contribution is -2.29. The first kappa shape index (κ1) is 18.9. The van der Waals surface area contributed by atoms with Crippen LogP contribution in [0.2, 0.25) is 0 Å². The lowest BCUT2D eigenvalue weighted by atomic mass is 10.0. The number of carbonyl (C=O) groups excluding carboxylic acids is 2. The molecule has 4 N–H and O–H groups in total. The summed E-state index contributed by atoms with van der Waals surface area (Å²) in [6.45, 7) is 8.38. The fourth-order valence-corrected chi connectivity index (χ4v) is 2.75. The summed E-state index contributed by atoms with van der Waals surface area (Å²) in [7, 11) is 0. The average Bonchev–Trinajstić information content (AvgIpc) is 3.50. The predicted molar refractivity (Wildman–Crippen MR) is 98.0 cm³/mol. The zero-order valence-corrected chi connectivity index (χ0v) is 15.3. The summed E-state index contributed by atoms with van der Waals surface area (Å²) in [6, 6.07) is 0. The van der Waals surface area contributed by atoms with Crippen molar-refractivity contribution in [2.24, 2.45) is 11.5 Å². The Balaban J connectivity index is 0.000000188. The number of rotatable bonds is 9. The minimum Gasteiger partial charge on any atom is -0.381 e. The molecule has 0 amide bonds. The van der Waals surface area contributed by atoms with Crippen LogP contribution in [0.15, 0.2) is 23.2 Å². The Morgan fingerprint density at radius 1 is 0.808 bits per heavy atom. The number of hydrogen-bond donors (Lipinski definition) is 2. The molecule has 0 aromatic carbocycles. The Morgan fingerprint density at radius 2 is 1.31 bits per heavy atom. The van der Waals surface area contributed by atoms with E-state index in [9.17, 15) is 9.59 Å². The third kappa shape index (κ3) is 4.84. The Hall–Kier alpha value is -1.90. The number of Topliss-reactive ketones (excluding diaryl/α,β-unsaturated/α-hetero) is 1. The maximum Gasteiger partial charge on any atom is 0.227 e. The summed E-state index contributed by atoms with van der Waals surface area (Å²) in [5.41, 5.74) is 12.4. The molecule has 0 bridgehead atoms. The minimum absolute atomic E-state index is 0.00546. The number of nitrogens with zero attached hydrogens (tertiary/aromatic N) is 3. The summed E-state index contributed by atoms with van der Waals surface area (Å²) < 4.78 is 5.15. The molecule has 0 aromatic rings. The van der Waals surface area contributed by atoms with Crippen LogP contribution in [0.1, 0.15) is 12.8 Å². The summed E-state index contributed by atoms with van der Waals surface area (Å²) in [4.78, 5) is 30.5. The lowest BCUT2D eigenvalue weighted by Gasteiger charge is -2.21. The van der Waals surface area contributed by atoms with Gasteiger partial charge in [-0.15, -0.1) is 0 Å². The van der Waals surface area contributed by atoms with Crippen LogP contribution < -0.4 is 11.5 Å². The molecular formula is C18H29N5O3. The standard InChI is InChI=1S/C12H13N3O2.C6H16N2O/c16-9-7-8(13-1-2-13)12(17)11(15-5-6-15)10(9)14-3-4-14;7-3-1-5-9-6-2-4-8/h7H,1-6H2;1-8H2. The van der Waals surface area contributed by atoms with Gasteiger partial charge in [0.2, 0.25) is 11.6 Å². The van der Waals surface area contributed by atoms with Crippen LogP contribution in [-0.4, -0.2) is 91.8 Å². The monoisotopic (exact) mass is 363 g/mol. The first-order valence-corrected chi connectivity index (χ1v) is 9.45. The molecule has 0 radical (unpaired) electrons. The molecular weight excluding hydrogens is 334 g/mol. The number of ether oxygens (including phenoxy) is 1. The molecule has 3 aliphatic heterocycles. The highest BCUT2D eigenvalue weighted by Gasteiger charge is 2.43. The van der Waals surface area contributed by atoms with Crippen molar-refractivity contribution in [1.29, 1.82) is 0 Å². The molecule has 26 heavy (non-hydrogen) atoms. The Labute approximate surface area is 154 Å². The normalized spacial score (nSPS) is 20.8. The predicted octanol–water partition coefficient (Wildman–Crippen LogP) is -1.12. The fraction of sp³-hybridized carbons (Fsp3) is 0.667. The molecule has 0 atom stereocenters. The van der Waals surface area contributed by atoms with Gasteiger partial charge >= 0.3 is 0 Å². The quantitative estimate of drug-likeness (QED) is 0.302. The zero-order chi connectivity index (χ0) is 18.5. The van der Waals surface area contributed by atoms with E-state index in [2.05, 4.69) is 0 Å². The fourth-order valence-electron chi connectivity index (χ4n) is 2.75. The molecule has 3 fully saturated rings. The van der Waals surface area contributed by atoms with Gasteiger partial charge in [0.25, 0.3) is 0 Å². The molecule has 1 aliphatic carbocycles. The smallest absolute Gasteiger partial charge is 0.227 e. The molecule has 3 heterocycles. The summed E-state index contributed by atoms with van der Waals surface area (Å²) in [5.74, 6) is 0.0485. The van der Waals surface area contributed by atoms with Gasteiger partial charge in [-0.25, -0.2) is 0 Å². The van der Waals surface area contributed by atoms with E-state index in [0.29, 0.717) is 30.2 Å². The first-order valence-electron chi connectivity index (χ1n) is 9.45. The summed E-state index contributed by atoms with van der Waals surface area (Å²) in [5, 5.41) is 0. The topological polar surface area (TPSA) is 104 Å². The molecule has 8 nitrogen and oxygen atoms in total. The molecule has 0 unspecified atom stereocenters. The van der Waals surface area contributed by atoms with Gasteiger partial charge in [0.1, 0.15) is 11.4 Å². The van der Waals surface area contributed by atoms with Crippen LogP contribution in [0, 0.1) is 0 Å². The SMILES string of the molecule is NCCCOCCCN.O=C1C=C(N2CC2)C(=O)C(N2CC2)=C1N1CC1. The van der Waals surface area contributed by atoms with Crippen LogP contribution in [-0.2, 0) is 14.3 Å². The van der Waals surface area contributed by atoms with E-state index in [0.717, 1.165) is 65.3 Å². The van der Waals surface area contributed by atoms with E-state index in [1.807, 2.05) is 14.7 Å². The van der Waals surface area contributed by atoms with Gasteiger partial charge in [-0.3, -0.25) is 9.59 Å². The molecule has 0 spiro atoms. The van der Waals surface area contributed by atoms with E-state index >= 15 is 0 Å². The van der Waals surface area contributed by atoms with Gasteiger partial charge in [0, 0.05) is 58.6 Å². The second kappa shape index (κ2) is 8.66. The number of ketones is 2. The van der Waals surface area contributed by atoms with Gasteiger partial charge in [-0.2, -0.15) is 0 Å². The summed E-state index contributed by atoms with van der Waals surface area (Å²) in [6.07, 6.45) is 3.42. The van der Waals surface area contributed by atoms with Crippen molar-refractivity contribution in [2.75, 3.05) is 65.6 Å². The van der Waals surface area contributed by atoms with E-state index in [-0.39, 0.29) is 11.6 Å². The van der Waals surface area contributed by atoms with Crippen molar-refractivity contribution in [3.05, 3.63) is 23.2 Å². The van der Waals surface area contributed by atoms with E-state index in [1.165, 1.54) is 6.08 Å². The van der Waals surface area contributed by atoms with Gasteiger partial charge in [-0.05, 0) is 25.9 Å². The van der Waals surface area contributed by atoms with E-state index in [1.54, 1.807) is 0 Å². The van der Waals surface area contributed by atoms with Crippen LogP contribution in [0.3, 0.4) is 0 Å². The van der Waals surface area contributed by atoms with Crippen molar-refractivity contribution in [1.82, 2.24) is 14.7 Å². The van der Waals surface area contributed by atoms with Gasteiger partial charge in [0.05, 0.1) is 5.70 Å². The van der Waals surface area contributed by atoms with Crippen molar-refractivity contribution in [3.8, 4) is 0 Å². The van der Waals surface area contributed by atoms with Crippen molar-refractivity contribution < 1.29 is 14.3 Å². The maximum atomic E-state index is 12.4. The third-order valence-electron chi connectivity index (χ3n) is 4.47. The van der Waals surface area contributed by atoms with Gasteiger partial charge < -0.3 is 30.9 Å². The van der Waals surface area contributed by atoms with Crippen molar-refractivity contribution in [2.45, 2.75) is 12.8 Å². The highest BCUT2D eigenvalue weighted by Crippen LogP contribution is 2.33. The molecule has 4 aliphatic rings. The number of hydrogen-bond acceptors (Lipinski definition) is 8. The second-order valence-corrected chi connectivity index (χ2v) is 6.78. The van der Waals surface area contributed by atoms with E-state index in [4.69, 9.17) is 16.2 Å². The van der Waals surface area contributed by atoms with Crippen LogP contribution >= 0.6 is 0 Å². The van der Waals surface area contributed by atoms with Crippen LogP contribution in [0.5, 0.6) is 0 Å². The largest absolute Gasteiger partial charge is 0.381 e.